The maximum absolute atomic E-state index is 13.3. The van der Waals surface area contributed by atoms with E-state index in [9.17, 15) is 14.0 Å². The first-order valence-corrected chi connectivity index (χ1v) is 11.5. The number of carbonyl (C=O) groups excluding carboxylic acids is 2. The molecule has 0 saturated carbocycles. The second-order valence-corrected chi connectivity index (χ2v) is 9.12. The monoisotopic (exact) mass is 427 g/mol. The highest BCUT2D eigenvalue weighted by Gasteiger charge is 2.27. The van der Waals surface area contributed by atoms with Crippen LogP contribution in [0.15, 0.2) is 42.5 Å². The minimum Gasteiger partial charge on any atom is -0.371 e. The Morgan fingerprint density at radius 2 is 2.10 bits per heavy atom. The zero-order valence-corrected chi connectivity index (χ0v) is 17.8. The predicted octanol–water partition coefficient (Wildman–Crippen LogP) is 4.36. The standard InChI is InChI=1S/C23H26FN3O2S/c1-15-4-3-9-27(12-15)23(29)17-7-8-19-20(11-17)26-22(28)21(25-19)14-30-13-16-5-2-6-18(24)10-16/h2,5-8,10-11,15,21,25H,3-4,9,12-14H2,1H3,(H,26,28). The van der Waals surface area contributed by atoms with Crippen LogP contribution < -0.4 is 10.6 Å². The van der Waals surface area contributed by atoms with Crippen molar-refractivity contribution in [2.24, 2.45) is 5.92 Å². The summed E-state index contributed by atoms with van der Waals surface area (Å²) in [6.07, 6.45) is 2.19. The Bertz CT molecular complexity index is 952. The lowest BCUT2D eigenvalue weighted by atomic mass is 9.99. The summed E-state index contributed by atoms with van der Waals surface area (Å²) in [5.74, 6) is 1.37. The molecule has 2 aliphatic heterocycles. The number of piperidine rings is 1. The van der Waals surface area contributed by atoms with E-state index in [-0.39, 0.29) is 23.7 Å². The molecule has 4 rings (SSSR count). The van der Waals surface area contributed by atoms with Gasteiger partial charge < -0.3 is 15.5 Å². The van der Waals surface area contributed by atoms with E-state index in [0.717, 1.165) is 37.2 Å². The molecular formula is C23H26FN3O2S. The van der Waals surface area contributed by atoms with Crippen LogP contribution in [-0.2, 0) is 10.5 Å². The van der Waals surface area contributed by atoms with Crippen molar-refractivity contribution in [3.63, 3.8) is 0 Å². The third-order valence-corrected chi connectivity index (χ3v) is 6.66. The molecule has 0 aliphatic carbocycles. The maximum Gasteiger partial charge on any atom is 0.253 e. The maximum atomic E-state index is 13.3. The fraction of sp³-hybridized carbons (Fsp3) is 0.391. The molecule has 1 fully saturated rings. The van der Waals surface area contributed by atoms with Gasteiger partial charge >= 0.3 is 0 Å². The Kier molecular flexibility index (Phi) is 6.27. The van der Waals surface area contributed by atoms with Crippen LogP contribution in [0.2, 0.25) is 0 Å². The van der Waals surface area contributed by atoms with Gasteiger partial charge in [0.15, 0.2) is 0 Å². The topological polar surface area (TPSA) is 61.4 Å². The van der Waals surface area contributed by atoms with Crippen molar-refractivity contribution in [2.75, 3.05) is 29.5 Å². The Morgan fingerprint density at radius 3 is 2.90 bits per heavy atom. The molecule has 0 bridgehead atoms. The van der Waals surface area contributed by atoms with Gasteiger partial charge in [-0.05, 0) is 54.7 Å². The van der Waals surface area contributed by atoms with Gasteiger partial charge in [-0.3, -0.25) is 9.59 Å². The minimum atomic E-state index is -0.374. The van der Waals surface area contributed by atoms with Gasteiger partial charge in [0.1, 0.15) is 11.9 Å². The lowest BCUT2D eigenvalue weighted by Gasteiger charge is -2.31. The molecule has 2 N–H and O–H groups in total. The molecule has 2 atom stereocenters. The molecule has 5 nitrogen and oxygen atoms in total. The fourth-order valence-electron chi connectivity index (χ4n) is 3.97. The summed E-state index contributed by atoms with van der Waals surface area (Å²) < 4.78 is 13.3. The average Bonchev–Trinajstić information content (AvgIpc) is 2.73. The average molecular weight is 428 g/mol. The van der Waals surface area contributed by atoms with Crippen molar-refractivity contribution in [1.29, 1.82) is 0 Å². The van der Waals surface area contributed by atoms with Gasteiger partial charge in [-0.2, -0.15) is 11.8 Å². The number of halogens is 1. The Labute approximate surface area is 180 Å². The molecule has 2 aromatic carbocycles. The summed E-state index contributed by atoms with van der Waals surface area (Å²) in [6, 6.07) is 11.6. The number of anilines is 2. The first kappa shape index (κ1) is 20.7. The van der Waals surface area contributed by atoms with Crippen LogP contribution in [0.1, 0.15) is 35.7 Å². The summed E-state index contributed by atoms with van der Waals surface area (Å²) in [5, 5.41) is 6.19. The Morgan fingerprint density at radius 1 is 1.23 bits per heavy atom. The third-order valence-electron chi connectivity index (χ3n) is 5.56. The molecule has 2 aliphatic rings. The number of amides is 2. The highest BCUT2D eigenvalue weighted by molar-refractivity contribution is 7.98. The van der Waals surface area contributed by atoms with Gasteiger partial charge in [0.2, 0.25) is 5.91 Å². The van der Waals surface area contributed by atoms with Crippen LogP contribution in [0.5, 0.6) is 0 Å². The molecule has 0 aromatic heterocycles. The van der Waals surface area contributed by atoms with Crippen molar-refractivity contribution in [3.05, 3.63) is 59.4 Å². The van der Waals surface area contributed by atoms with Gasteiger partial charge in [-0.25, -0.2) is 4.39 Å². The van der Waals surface area contributed by atoms with Crippen molar-refractivity contribution in [3.8, 4) is 0 Å². The molecule has 0 spiro atoms. The minimum absolute atomic E-state index is 0.0198. The number of benzene rings is 2. The summed E-state index contributed by atoms with van der Waals surface area (Å²) in [6.45, 7) is 3.74. The van der Waals surface area contributed by atoms with E-state index in [0.29, 0.717) is 28.7 Å². The van der Waals surface area contributed by atoms with E-state index < -0.39 is 0 Å². The van der Waals surface area contributed by atoms with Crippen LogP contribution >= 0.6 is 11.8 Å². The summed E-state index contributed by atoms with van der Waals surface area (Å²) in [7, 11) is 0. The lowest BCUT2D eigenvalue weighted by molar-refractivity contribution is -0.116. The number of thioether (sulfide) groups is 1. The smallest absolute Gasteiger partial charge is 0.253 e. The Hall–Kier alpha value is -2.54. The third kappa shape index (κ3) is 4.78. The van der Waals surface area contributed by atoms with E-state index in [1.165, 1.54) is 12.1 Å². The zero-order valence-electron chi connectivity index (χ0n) is 17.0. The zero-order chi connectivity index (χ0) is 21.1. The molecular weight excluding hydrogens is 401 g/mol. The van der Waals surface area contributed by atoms with Crippen LogP contribution in [0.4, 0.5) is 15.8 Å². The van der Waals surface area contributed by atoms with Crippen LogP contribution in [0, 0.1) is 11.7 Å². The van der Waals surface area contributed by atoms with Crippen molar-refractivity contribution in [1.82, 2.24) is 4.90 Å². The first-order valence-electron chi connectivity index (χ1n) is 10.3. The predicted molar refractivity (Wildman–Crippen MR) is 119 cm³/mol. The van der Waals surface area contributed by atoms with Gasteiger partial charge in [0.25, 0.3) is 5.91 Å². The number of carbonyl (C=O) groups is 2. The molecule has 30 heavy (non-hydrogen) atoms. The second kappa shape index (κ2) is 9.08. The van der Waals surface area contributed by atoms with Crippen molar-refractivity contribution in [2.45, 2.75) is 31.6 Å². The van der Waals surface area contributed by atoms with Gasteiger partial charge in [0, 0.05) is 30.2 Å². The molecule has 2 heterocycles. The number of rotatable bonds is 5. The van der Waals surface area contributed by atoms with Crippen LogP contribution in [0.3, 0.4) is 0 Å². The van der Waals surface area contributed by atoms with E-state index in [1.54, 1.807) is 23.9 Å². The number of fused-ring (bicyclic) bond motifs is 1. The van der Waals surface area contributed by atoms with E-state index in [1.807, 2.05) is 23.1 Å². The highest BCUT2D eigenvalue weighted by Crippen LogP contribution is 2.30. The quantitative estimate of drug-likeness (QED) is 0.744. The molecule has 2 aromatic rings. The second-order valence-electron chi connectivity index (χ2n) is 8.09. The first-order chi connectivity index (χ1) is 14.5. The van der Waals surface area contributed by atoms with E-state index in [4.69, 9.17) is 0 Å². The molecule has 2 amide bonds. The van der Waals surface area contributed by atoms with Crippen molar-refractivity contribution < 1.29 is 14.0 Å². The van der Waals surface area contributed by atoms with Gasteiger partial charge in [-0.15, -0.1) is 0 Å². The van der Waals surface area contributed by atoms with Crippen LogP contribution in [0.25, 0.3) is 0 Å². The molecule has 7 heteroatoms. The fourth-order valence-corrected chi connectivity index (χ4v) is 4.98. The highest BCUT2D eigenvalue weighted by atomic mass is 32.2. The van der Waals surface area contributed by atoms with Crippen LogP contribution in [-0.4, -0.2) is 41.6 Å². The SMILES string of the molecule is CC1CCCN(C(=O)c2ccc3c(c2)NC(=O)C(CSCc2cccc(F)c2)N3)C1. The Balaban J connectivity index is 1.37. The number of likely N-dealkylation sites (tertiary alicyclic amines) is 1. The molecule has 2 unspecified atom stereocenters. The molecule has 158 valence electrons. The molecule has 1 saturated heterocycles. The van der Waals surface area contributed by atoms with E-state index in [2.05, 4.69) is 17.6 Å². The van der Waals surface area contributed by atoms with Crippen molar-refractivity contribution >= 4 is 35.0 Å². The van der Waals surface area contributed by atoms with Gasteiger partial charge in [-0.1, -0.05) is 19.1 Å². The van der Waals surface area contributed by atoms with Gasteiger partial charge in [0.05, 0.1) is 11.4 Å². The summed E-state index contributed by atoms with van der Waals surface area (Å²) in [4.78, 5) is 27.3. The van der Waals surface area contributed by atoms with E-state index >= 15 is 0 Å². The summed E-state index contributed by atoms with van der Waals surface area (Å²) >= 11 is 1.58. The normalized spacial score (nSPS) is 20.9. The molecule has 0 radical (unpaired) electrons. The number of hydrogen-bond donors (Lipinski definition) is 2. The largest absolute Gasteiger partial charge is 0.371 e. The lowest BCUT2D eigenvalue weighted by Crippen LogP contribution is -2.41. The number of hydrogen-bond acceptors (Lipinski definition) is 4. The summed E-state index contributed by atoms with van der Waals surface area (Å²) in [5.41, 5.74) is 2.95. The number of nitrogens with one attached hydrogen (secondary N) is 2. The number of nitrogens with zero attached hydrogens (tertiary/aromatic N) is 1.